The third kappa shape index (κ3) is 2.71. The molecule has 4 nitrogen and oxygen atoms in total. The molecule has 0 saturated heterocycles. The summed E-state index contributed by atoms with van der Waals surface area (Å²) in [6.07, 6.45) is 5.03. The topological polar surface area (TPSA) is 46.9 Å². The number of hydrogen-bond acceptors (Lipinski definition) is 2. The van der Waals surface area contributed by atoms with Gasteiger partial charge in [-0.3, -0.25) is 9.48 Å². The van der Waals surface area contributed by atoms with Gasteiger partial charge in [0.15, 0.2) is 0 Å². The number of aryl methyl sites for hydroxylation is 1. The van der Waals surface area contributed by atoms with Crippen LogP contribution in [0.25, 0.3) is 0 Å². The Morgan fingerprint density at radius 3 is 2.90 bits per heavy atom. The van der Waals surface area contributed by atoms with Crippen LogP contribution >= 0.6 is 0 Å². The first kappa shape index (κ1) is 13.9. The van der Waals surface area contributed by atoms with E-state index in [9.17, 15) is 4.79 Å². The normalized spacial score (nSPS) is 18.9. The van der Waals surface area contributed by atoms with Crippen LogP contribution in [0.4, 0.5) is 0 Å². The first-order chi connectivity index (χ1) is 10.2. The zero-order valence-electron chi connectivity index (χ0n) is 12.5. The van der Waals surface area contributed by atoms with Gasteiger partial charge < -0.3 is 5.32 Å². The number of aromatic nitrogens is 2. The summed E-state index contributed by atoms with van der Waals surface area (Å²) >= 11 is 0. The molecule has 1 N–H and O–H groups in total. The Balaban J connectivity index is 1.74. The fourth-order valence-corrected chi connectivity index (χ4v) is 3.05. The Hall–Kier alpha value is -2.10. The number of nitrogens with one attached hydrogen (secondary N) is 1. The third-order valence-electron chi connectivity index (χ3n) is 4.39. The summed E-state index contributed by atoms with van der Waals surface area (Å²) in [6, 6.07) is 10.0. The number of fused-ring (bicyclic) bond motifs is 1. The molecule has 0 radical (unpaired) electrons. The molecule has 0 unspecified atom stereocenters. The molecule has 1 amide bonds. The molecule has 2 atom stereocenters. The van der Waals surface area contributed by atoms with Gasteiger partial charge in [0.1, 0.15) is 0 Å². The van der Waals surface area contributed by atoms with Crippen molar-refractivity contribution in [1.82, 2.24) is 15.1 Å². The van der Waals surface area contributed by atoms with E-state index in [1.165, 1.54) is 11.3 Å². The SMILES string of the molecule is C[C@@H](C(=O)N[C@@H]1CCCc2c1cnn2C)c1ccccc1. The lowest BCUT2D eigenvalue weighted by Crippen LogP contribution is -2.33. The molecule has 4 heteroatoms. The quantitative estimate of drug-likeness (QED) is 0.941. The molecule has 0 saturated carbocycles. The van der Waals surface area contributed by atoms with Gasteiger partial charge in [-0.15, -0.1) is 0 Å². The van der Waals surface area contributed by atoms with Crippen LogP contribution < -0.4 is 5.32 Å². The minimum Gasteiger partial charge on any atom is -0.349 e. The average Bonchev–Trinajstić information content (AvgIpc) is 2.90. The number of carbonyl (C=O) groups excluding carboxylic acids is 1. The second-order valence-corrected chi connectivity index (χ2v) is 5.76. The van der Waals surface area contributed by atoms with E-state index >= 15 is 0 Å². The summed E-state index contributed by atoms with van der Waals surface area (Å²) in [5, 5.41) is 7.52. The monoisotopic (exact) mass is 283 g/mol. The van der Waals surface area contributed by atoms with Gasteiger partial charge >= 0.3 is 0 Å². The first-order valence-electron chi connectivity index (χ1n) is 7.53. The molecule has 110 valence electrons. The Labute approximate surface area is 125 Å². The van der Waals surface area contributed by atoms with Crippen LogP contribution in [0.15, 0.2) is 36.5 Å². The molecule has 3 rings (SSSR count). The molecular formula is C17H21N3O. The summed E-state index contributed by atoms with van der Waals surface area (Å²) in [5.74, 6) is -0.0452. The minimum atomic E-state index is -0.131. The highest BCUT2D eigenvalue weighted by molar-refractivity contribution is 5.83. The number of nitrogens with zero attached hydrogens (tertiary/aromatic N) is 2. The molecule has 1 aliphatic rings. The van der Waals surface area contributed by atoms with E-state index in [4.69, 9.17) is 0 Å². The number of benzene rings is 1. The highest BCUT2D eigenvalue weighted by Crippen LogP contribution is 2.30. The van der Waals surface area contributed by atoms with Crippen LogP contribution in [0.3, 0.4) is 0 Å². The van der Waals surface area contributed by atoms with E-state index in [1.807, 2.05) is 55.2 Å². The van der Waals surface area contributed by atoms with Crippen molar-refractivity contribution in [2.45, 2.75) is 38.1 Å². The molecule has 1 aliphatic carbocycles. The van der Waals surface area contributed by atoms with Crippen molar-refractivity contribution >= 4 is 5.91 Å². The average molecular weight is 283 g/mol. The van der Waals surface area contributed by atoms with Crippen molar-refractivity contribution in [2.75, 3.05) is 0 Å². The summed E-state index contributed by atoms with van der Waals surface area (Å²) in [4.78, 5) is 12.5. The predicted molar refractivity (Wildman–Crippen MR) is 81.9 cm³/mol. The van der Waals surface area contributed by atoms with Crippen LogP contribution in [0.5, 0.6) is 0 Å². The maximum absolute atomic E-state index is 12.5. The molecule has 1 aromatic carbocycles. The second-order valence-electron chi connectivity index (χ2n) is 5.76. The summed E-state index contributed by atoms with van der Waals surface area (Å²) in [6.45, 7) is 1.96. The number of hydrogen-bond donors (Lipinski definition) is 1. The fraction of sp³-hybridized carbons (Fsp3) is 0.412. The molecule has 0 aliphatic heterocycles. The van der Waals surface area contributed by atoms with Crippen LogP contribution in [0, 0.1) is 0 Å². The van der Waals surface area contributed by atoms with Crippen LogP contribution in [0.2, 0.25) is 0 Å². The zero-order chi connectivity index (χ0) is 14.8. The first-order valence-corrected chi connectivity index (χ1v) is 7.53. The van der Waals surface area contributed by atoms with Crippen LogP contribution in [-0.4, -0.2) is 15.7 Å². The van der Waals surface area contributed by atoms with Gasteiger partial charge in [0, 0.05) is 18.3 Å². The van der Waals surface area contributed by atoms with E-state index in [1.54, 1.807) is 0 Å². The van der Waals surface area contributed by atoms with Crippen molar-refractivity contribution in [2.24, 2.45) is 7.05 Å². The van der Waals surface area contributed by atoms with Crippen molar-refractivity contribution in [3.63, 3.8) is 0 Å². The lowest BCUT2D eigenvalue weighted by Gasteiger charge is -2.25. The van der Waals surface area contributed by atoms with Gasteiger partial charge in [-0.1, -0.05) is 30.3 Å². The van der Waals surface area contributed by atoms with Crippen molar-refractivity contribution < 1.29 is 4.79 Å². The Morgan fingerprint density at radius 2 is 2.14 bits per heavy atom. The largest absolute Gasteiger partial charge is 0.349 e. The molecule has 1 aromatic heterocycles. The van der Waals surface area contributed by atoms with E-state index in [-0.39, 0.29) is 17.9 Å². The van der Waals surface area contributed by atoms with E-state index in [0.717, 1.165) is 24.8 Å². The number of carbonyl (C=O) groups is 1. The van der Waals surface area contributed by atoms with Crippen molar-refractivity contribution in [3.8, 4) is 0 Å². The Kier molecular flexibility index (Phi) is 3.78. The molecule has 2 aromatic rings. The highest BCUT2D eigenvalue weighted by atomic mass is 16.1. The van der Waals surface area contributed by atoms with Crippen molar-refractivity contribution in [1.29, 1.82) is 0 Å². The minimum absolute atomic E-state index is 0.0860. The van der Waals surface area contributed by atoms with Gasteiger partial charge in [0.2, 0.25) is 5.91 Å². The molecule has 21 heavy (non-hydrogen) atoms. The number of rotatable bonds is 3. The van der Waals surface area contributed by atoms with Gasteiger partial charge in [-0.25, -0.2) is 0 Å². The summed E-state index contributed by atoms with van der Waals surface area (Å²) < 4.78 is 1.92. The lowest BCUT2D eigenvalue weighted by molar-refractivity contribution is -0.123. The van der Waals surface area contributed by atoms with E-state index in [2.05, 4.69) is 10.4 Å². The van der Waals surface area contributed by atoms with E-state index < -0.39 is 0 Å². The highest BCUT2D eigenvalue weighted by Gasteiger charge is 2.26. The molecule has 0 spiro atoms. The lowest BCUT2D eigenvalue weighted by atomic mass is 9.92. The van der Waals surface area contributed by atoms with Crippen molar-refractivity contribution in [3.05, 3.63) is 53.3 Å². The summed E-state index contributed by atoms with van der Waals surface area (Å²) in [5.41, 5.74) is 3.48. The Morgan fingerprint density at radius 1 is 1.38 bits per heavy atom. The standard InChI is InChI=1S/C17H21N3O/c1-12(13-7-4-3-5-8-13)17(21)19-15-9-6-10-16-14(15)11-18-20(16)2/h3-5,7-8,11-12,15H,6,9-10H2,1-2H3,(H,19,21)/t12-,15-/m1/s1. The second kappa shape index (κ2) is 5.72. The summed E-state index contributed by atoms with van der Waals surface area (Å²) in [7, 11) is 1.97. The predicted octanol–water partition coefficient (Wildman–Crippen LogP) is 2.72. The molecule has 1 heterocycles. The fourth-order valence-electron chi connectivity index (χ4n) is 3.05. The molecule has 0 fully saturated rings. The van der Waals surface area contributed by atoms with Crippen LogP contribution in [-0.2, 0) is 18.3 Å². The van der Waals surface area contributed by atoms with Gasteiger partial charge in [0.25, 0.3) is 0 Å². The zero-order valence-corrected chi connectivity index (χ0v) is 12.5. The number of amides is 1. The van der Waals surface area contributed by atoms with E-state index in [0.29, 0.717) is 0 Å². The molecule has 0 bridgehead atoms. The Bertz CT molecular complexity index is 633. The van der Waals surface area contributed by atoms with Gasteiger partial charge in [0.05, 0.1) is 18.2 Å². The third-order valence-corrected chi connectivity index (χ3v) is 4.39. The maximum Gasteiger partial charge on any atom is 0.227 e. The molecular weight excluding hydrogens is 262 g/mol. The maximum atomic E-state index is 12.5. The van der Waals surface area contributed by atoms with Gasteiger partial charge in [-0.05, 0) is 31.7 Å². The van der Waals surface area contributed by atoms with Crippen LogP contribution in [0.1, 0.15) is 48.5 Å². The van der Waals surface area contributed by atoms with Gasteiger partial charge in [-0.2, -0.15) is 5.10 Å². The smallest absolute Gasteiger partial charge is 0.227 e.